The number of amides is 2. The van der Waals surface area contributed by atoms with Crippen molar-refractivity contribution < 1.29 is 19.1 Å². The number of hydrogen-bond donors (Lipinski definition) is 3. The summed E-state index contributed by atoms with van der Waals surface area (Å²) in [6, 6.07) is 4.17. The first kappa shape index (κ1) is 18.4. The third-order valence-electron chi connectivity index (χ3n) is 3.11. The molecular weight excluding hydrogens is 307 g/mol. The number of rotatable bonds is 6. The van der Waals surface area contributed by atoms with Crippen LogP contribution in [0, 0.1) is 12.7 Å². The number of nitrogens with one attached hydrogen (secondary N) is 2. The summed E-state index contributed by atoms with van der Waals surface area (Å²) in [6.07, 6.45) is 2.42. The SMILES string of the molecule is CSCC[C@](C)(O)CNC(=O)C(=O)Nc1ccc(C)c(F)c1. The van der Waals surface area contributed by atoms with Gasteiger partial charge in [-0.3, -0.25) is 9.59 Å². The summed E-state index contributed by atoms with van der Waals surface area (Å²) in [6.45, 7) is 3.17. The number of thioether (sulfide) groups is 1. The predicted octanol–water partition coefficient (Wildman–Crippen LogP) is 1.69. The number of carbonyl (C=O) groups excluding carboxylic acids is 2. The number of hydrogen-bond acceptors (Lipinski definition) is 4. The highest BCUT2D eigenvalue weighted by molar-refractivity contribution is 7.98. The third-order valence-corrected chi connectivity index (χ3v) is 3.72. The van der Waals surface area contributed by atoms with Gasteiger partial charge >= 0.3 is 11.8 Å². The lowest BCUT2D eigenvalue weighted by Crippen LogP contribution is -2.44. The second-order valence-corrected chi connectivity index (χ2v) is 6.33. The van der Waals surface area contributed by atoms with Crippen molar-refractivity contribution in [1.82, 2.24) is 5.32 Å². The van der Waals surface area contributed by atoms with Gasteiger partial charge in [0.2, 0.25) is 0 Å². The molecule has 1 aromatic carbocycles. The molecule has 22 heavy (non-hydrogen) atoms. The summed E-state index contributed by atoms with van der Waals surface area (Å²) in [5.74, 6) is -1.48. The Bertz CT molecular complexity index is 550. The standard InChI is InChI=1S/C15H21FN2O3S/c1-10-4-5-11(8-12(10)16)18-14(20)13(19)17-9-15(2,21)6-7-22-3/h4-5,8,21H,6-7,9H2,1-3H3,(H,17,19)(H,18,20)/t15-/m0/s1. The van der Waals surface area contributed by atoms with E-state index >= 15 is 0 Å². The number of aliphatic hydroxyl groups is 1. The predicted molar refractivity (Wildman–Crippen MR) is 86.4 cm³/mol. The summed E-state index contributed by atoms with van der Waals surface area (Å²) < 4.78 is 13.4. The smallest absolute Gasteiger partial charge is 0.313 e. The first-order valence-corrected chi connectivity index (χ1v) is 8.21. The van der Waals surface area contributed by atoms with Gasteiger partial charge in [0, 0.05) is 12.2 Å². The molecule has 0 saturated carbocycles. The van der Waals surface area contributed by atoms with Crippen molar-refractivity contribution in [2.45, 2.75) is 25.9 Å². The van der Waals surface area contributed by atoms with E-state index in [-0.39, 0.29) is 12.2 Å². The van der Waals surface area contributed by atoms with Crippen molar-refractivity contribution in [2.75, 3.05) is 23.9 Å². The largest absolute Gasteiger partial charge is 0.388 e. The lowest BCUT2D eigenvalue weighted by molar-refractivity contribution is -0.136. The van der Waals surface area contributed by atoms with Crippen LogP contribution >= 0.6 is 11.8 Å². The quantitative estimate of drug-likeness (QED) is 0.695. The summed E-state index contributed by atoms with van der Waals surface area (Å²) in [5.41, 5.74) is -0.417. The molecule has 0 spiro atoms. The Morgan fingerprint density at radius 1 is 1.36 bits per heavy atom. The lowest BCUT2D eigenvalue weighted by Gasteiger charge is -2.23. The van der Waals surface area contributed by atoms with Crippen LogP contribution in [0.1, 0.15) is 18.9 Å². The molecule has 122 valence electrons. The van der Waals surface area contributed by atoms with E-state index in [1.54, 1.807) is 25.6 Å². The van der Waals surface area contributed by atoms with Crippen LogP contribution in [0.4, 0.5) is 10.1 Å². The van der Waals surface area contributed by atoms with Gasteiger partial charge in [0.15, 0.2) is 0 Å². The van der Waals surface area contributed by atoms with E-state index in [0.717, 1.165) is 11.8 Å². The van der Waals surface area contributed by atoms with Crippen LogP contribution in [-0.4, -0.2) is 41.1 Å². The molecule has 1 rings (SSSR count). The van der Waals surface area contributed by atoms with Crippen LogP contribution < -0.4 is 10.6 Å². The molecule has 0 aliphatic heterocycles. The number of carbonyl (C=O) groups is 2. The zero-order chi connectivity index (χ0) is 16.8. The van der Waals surface area contributed by atoms with Crippen molar-refractivity contribution in [2.24, 2.45) is 0 Å². The monoisotopic (exact) mass is 328 g/mol. The van der Waals surface area contributed by atoms with Crippen LogP contribution in [0.5, 0.6) is 0 Å². The Balaban J connectivity index is 2.51. The molecule has 1 atom stereocenters. The summed E-state index contributed by atoms with van der Waals surface area (Å²) in [4.78, 5) is 23.4. The van der Waals surface area contributed by atoms with E-state index in [1.165, 1.54) is 12.1 Å². The van der Waals surface area contributed by atoms with E-state index in [0.29, 0.717) is 12.0 Å². The van der Waals surface area contributed by atoms with Gasteiger partial charge in [-0.15, -0.1) is 0 Å². The third kappa shape index (κ3) is 6.03. The molecular formula is C15H21FN2O3S. The zero-order valence-corrected chi connectivity index (χ0v) is 13.7. The minimum absolute atomic E-state index is 0.0257. The second-order valence-electron chi connectivity index (χ2n) is 5.34. The topological polar surface area (TPSA) is 78.4 Å². The fourth-order valence-electron chi connectivity index (χ4n) is 1.62. The average Bonchev–Trinajstić information content (AvgIpc) is 2.46. The summed E-state index contributed by atoms with van der Waals surface area (Å²) >= 11 is 1.59. The maximum Gasteiger partial charge on any atom is 0.313 e. The molecule has 7 heteroatoms. The highest BCUT2D eigenvalue weighted by Gasteiger charge is 2.23. The number of anilines is 1. The first-order chi connectivity index (χ1) is 10.2. The van der Waals surface area contributed by atoms with Crippen LogP contribution in [0.15, 0.2) is 18.2 Å². The van der Waals surface area contributed by atoms with Gasteiger partial charge in [0.1, 0.15) is 5.82 Å². The van der Waals surface area contributed by atoms with Crippen molar-refractivity contribution in [3.8, 4) is 0 Å². The summed E-state index contributed by atoms with van der Waals surface area (Å²) in [7, 11) is 0. The van der Waals surface area contributed by atoms with Gasteiger partial charge < -0.3 is 15.7 Å². The maximum absolute atomic E-state index is 13.4. The van der Waals surface area contributed by atoms with Crippen molar-refractivity contribution >= 4 is 29.3 Å². The molecule has 2 amide bonds. The van der Waals surface area contributed by atoms with Gasteiger partial charge in [-0.2, -0.15) is 11.8 Å². The second kappa shape index (κ2) is 8.14. The fraction of sp³-hybridized carbons (Fsp3) is 0.467. The van der Waals surface area contributed by atoms with Crippen LogP contribution in [0.3, 0.4) is 0 Å². The van der Waals surface area contributed by atoms with Gasteiger partial charge in [-0.25, -0.2) is 4.39 Å². The normalized spacial score (nSPS) is 13.3. The molecule has 1 aromatic rings. The Labute approximate surface area is 133 Å². The summed E-state index contributed by atoms with van der Waals surface area (Å²) in [5, 5.41) is 14.7. The Hall–Kier alpha value is -1.60. The molecule has 0 bridgehead atoms. The van der Waals surface area contributed by atoms with E-state index < -0.39 is 23.2 Å². The molecule has 0 saturated heterocycles. The molecule has 0 aromatic heterocycles. The van der Waals surface area contributed by atoms with Crippen molar-refractivity contribution in [3.05, 3.63) is 29.6 Å². The molecule has 3 N–H and O–H groups in total. The zero-order valence-electron chi connectivity index (χ0n) is 12.9. The van der Waals surface area contributed by atoms with Gasteiger partial charge in [-0.05, 0) is 50.0 Å². The van der Waals surface area contributed by atoms with Crippen LogP contribution in [0.2, 0.25) is 0 Å². The fourth-order valence-corrected chi connectivity index (χ4v) is 2.26. The molecule has 0 fully saturated rings. The Kier molecular flexibility index (Phi) is 6.83. The molecule has 0 aliphatic carbocycles. The molecule has 0 aliphatic rings. The van der Waals surface area contributed by atoms with Gasteiger partial charge in [0.05, 0.1) is 5.60 Å². The first-order valence-electron chi connectivity index (χ1n) is 6.82. The van der Waals surface area contributed by atoms with Crippen molar-refractivity contribution in [3.63, 3.8) is 0 Å². The van der Waals surface area contributed by atoms with Gasteiger partial charge in [0.25, 0.3) is 0 Å². The molecule has 0 unspecified atom stereocenters. The van der Waals surface area contributed by atoms with E-state index in [1.807, 2.05) is 6.26 Å². The number of aryl methyl sites for hydroxylation is 1. The maximum atomic E-state index is 13.4. The Morgan fingerprint density at radius 3 is 2.64 bits per heavy atom. The Morgan fingerprint density at radius 2 is 2.05 bits per heavy atom. The minimum atomic E-state index is -1.07. The van der Waals surface area contributed by atoms with E-state index in [9.17, 15) is 19.1 Å². The van der Waals surface area contributed by atoms with Crippen LogP contribution in [0.25, 0.3) is 0 Å². The van der Waals surface area contributed by atoms with Crippen molar-refractivity contribution in [1.29, 1.82) is 0 Å². The molecule has 5 nitrogen and oxygen atoms in total. The number of benzene rings is 1. The molecule has 0 heterocycles. The highest BCUT2D eigenvalue weighted by atomic mass is 32.2. The highest BCUT2D eigenvalue weighted by Crippen LogP contribution is 2.14. The minimum Gasteiger partial charge on any atom is -0.388 e. The molecule has 0 radical (unpaired) electrons. The van der Waals surface area contributed by atoms with Gasteiger partial charge in [-0.1, -0.05) is 6.07 Å². The lowest BCUT2D eigenvalue weighted by atomic mass is 10.0. The van der Waals surface area contributed by atoms with E-state index in [2.05, 4.69) is 10.6 Å². The van der Waals surface area contributed by atoms with Crippen LogP contribution in [-0.2, 0) is 9.59 Å². The van der Waals surface area contributed by atoms with E-state index in [4.69, 9.17) is 0 Å². The number of halogens is 1. The average molecular weight is 328 g/mol.